The first kappa shape index (κ1) is 22.5. The van der Waals surface area contributed by atoms with Gasteiger partial charge >= 0.3 is 0 Å². The smallest absolute Gasteiger partial charge is 0.294 e. The van der Waals surface area contributed by atoms with Gasteiger partial charge in [-0.2, -0.15) is 0 Å². The maximum atomic E-state index is 12.6. The number of fused-ring (bicyclic) bond motifs is 1. The van der Waals surface area contributed by atoms with Crippen molar-refractivity contribution in [3.63, 3.8) is 0 Å². The summed E-state index contributed by atoms with van der Waals surface area (Å²) in [6.07, 6.45) is 1.32. The van der Waals surface area contributed by atoms with Crippen LogP contribution < -0.4 is 5.32 Å². The van der Waals surface area contributed by atoms with Crippen molar-refractivity contribution in [3.05, 3.63) is 84.7 Å². The number of anilines is 1. The highest BCUT2D eigenvalue weighted by Gasteiger charge is 2.37. The van der Waals surface area contributed by atoms with E-state index in [1.165, 1.54) is 24.4 Å². The molecule has 14 nitrogen and oxygen atoms in total. The third-order valence-electron chi connectivity index (χ3n) is 4.81. The van der Waals surface area contributed by atoms with E-state index in [-0.39, 0.29) is 52.0 Å². The topological polar surface area (TPSA) is 183 Å². The van der Waals surface area contributed by atoms with Gasteiger partial charge in [0, 0.05) is 23.2 Å². The van der Waals surface area contributed by atoms with Crippen LogP contribution in [0.4, 0.5) is 17.1 Å². The number of carbonyl (C=O) groups excluding carboxylic acids is 3. The van der Waals surface area contributed by atoms with Crippen molar-refractivity contribution in [2.75, 3.05) is 5.32 Å². The Kier molecular flexibility index (Phi) is 5.73. The second-order valence-electron chi connectivity index (χ2n) is 7.06. The van der Waals surface area contributed by atoms with Crippen LogP contribution in [-0.4, -0.2) is 47.5 Å². The molecule has 15 heteroatoms. The minimum atomic E-state index is -0.717. The predicted molar refractivity (Wildman–Crippen MR) is 114 cm³/mol. The van der Waals surface area contributed by atoms with Crippen LogP contribution in [-0.2, 0) is 17.9 Å². The Bertz CT molecular complexity index is 1390. The normalized spacial score (nSPS) is 12.6. The fraction of sp³-hybridized carbons (Fsp3) is 0.105. The Morgan fingerprint density at radius 2 is 1.76 bits per heavy atom. The van der Waals surface area contributed by atoms with Crippen molar-refractivity contribution in [3.8, 4) is 0 Å². The minimum Gasteiger partial charge on any atom is -0.319 e. The van der Waals surface area contributed by atoms with Gasteiger partial charge in [0.2, 0.25) is 5.91 Å². The summed E-state index contributed by atoms with van der Waals surface area (Å²) in [6, 6.07) is 7.15. The number of nitro groups is 2. The van der Waals surface area contributed by atoms with Crippen LogP contribution >= 0.6 is 11.6 Å². The number of hydrogen-bond acceptors (Lipinski definition) is 9. The maximum Gasteiger partial charge on any atom is 0.294 e. The summed E-state index contributed by atoms with van der Waals surface area (Å²) in [5.74, 6) is -2.00. The highest BCUT2D eigenvalue weighted by atomic mass is 35.5. The van der Waals surface area contributed by atoms with Gasteiger partial charge in [0.25, 0.3) is 23.2 Å². The third-order valence-corrected chi connectivity index (χ3v) is 5.04. The van der Waals surface area contributed by atoms with Gasteiger partial charge in [-0.3, -0.25) is 39.5 Å². The molecule has 0 saturated heterocycles. The number of carbonyl (C=O) groups is 3. The van der Waals surface area contributed by atoms with Crippen molar-refractivity contribution < 1.29 is 24.2 Å². The van der Waals surface area contributed by atoms with Gasteiger partial charge in [0.05, 0.1) is 33.7 Å². The Balaban J connectivity index is 1.44. The molecule has 34 heavy (non-hydrogen) atoms. The lowest BCUT2D eigenvalue weighted by Gasteiger charge is -2.11. The fourth-order valence-electron chi connectivity index (χ4n) is 3.28. The zero-order valence-electron chi connectivity index (χ0n) is 16.9. The van der Waals surface area contributed by atoms with Crippen LogP contribution in [0.15, 0.2) is 42.6 Å². The molecule has 1 aromatic heterocycles. The number of aromatic nitrogens is 3. The zero-order valence-corrected chi connectivity index (χ0v) is 17.6. The lowest BCUT2D eigenvalue weighted by atomic mass is 10.1. The van der Waals surface area contributed by atoms with Crippen LogP contribution in [0.5, 0.6) is 0 Å². The van der Waals surface area contributed by atoms with Crippen LogP contribution in [0, 0.1) is 20.2 Å². The number of halogens is 1. The van der Waals surface area contributed by atoms with E-state index in [0.29, 0.717) is 0 Å². The summed E-state index contributed by atoms with van der Waals surface area (Å²) in [5.41, 5.74) is -0.637. The summed E-state index contributed by atoms with van der Waals surface area (Å²) >= 11 is 5.75. The molecule has 1 aliphatic rings. The van der Waals surface area contributed by atoms with Crippen LogP contribution in [0.1, 0.15) is 26.4 Å². The summed E-state index contributed by atoms with van der Waals surface area (Å²) in [5, 5.41) is 32.2. The summed E-state index contributed by atoms with van der Waals surface area (Å²) in [6.45, 7) is -0.633. The lowest BCUT2D eigenvalue weighted by molar-refractivity contribution is -0.384. The molecule has 3 amide bonds. The van der Waals surface area contributed by atoms with E-state index in [1.807, 2.05) is 0 Å². The number of nitrogens with one attached hydrogen (secondary N) is 1. The van der Waals surface area contributed by atoms with Crippen molar-refractivity contribution in [1.29, 1.82) is 0 Å². The second-order valence-corrected chi connectivity index (χ2v) is 7.49. The Morgan fingerprint density at radius 3 is 2.47 bits per heavy atom. The number of imide groups is 1. The van der Waals surface area contributed by atoms with Gasteiger partial charge in [-0.25, -0.2) is 4.68 Å². The molecule has 172 valence electrons. The highest BCUT2D eigenvalue weighted by Crippen LogP contribution is 2.29. The number of hydrogen-bond donors (Lipinski definition) is 1. The largest absolute Gasteiger partial charge is 0.319 e. The van der Waals surface area contributed by atoms with Gasteiger partial charge in [-0.1, -0.05) is 16.8 Å². The van der Waals surface area contributed by atoms with E-state index in [1.54, 1.807) is 0 Å². The van der Waals surface area contributed by atoms with Crippen LogP contribution in [0.3, 0.4) is 0 Å². The molecule has 0 saturated carbocycles. The van der Waals surface area contributed by atoms with E-state index in [9.17, 15) is 34.6 Å². The van der Waals surface area contributed by atoms with E-state index in [0.717, 1.165) is 27.8 Å². The SMILES string of the molecule is O=C(Cn1cc(CN2C(=O)c3ccc([N+](=O)[O-])cc3C2=O)nn1)Nc1ccc(Cl)cc1[N+](=O)[O-]. The molecule has 1 aliphatic heterocycles. The standard InChI is InChI=1S/C19H12ClN7O7/c20-10-1-4-15(16(5-10)27(33)34)21-17(28)9-24-7-11(22-23-24)8-25-18(29)13-3-2-12(26(31)32)6-14(13)19(25)30/h1-7H,8-9H2,(H,21,28). The van der Waals surface area contributed by atoms with Crippen molar-refractivity contribution in [2.45, 2.75) is 13.1 Å². The average molecular weight is 486 g/mol. The summed E-state index contributed by atoms with van der Waals surface area (Å²) in [7, 11) is 0. The second kappa shape index (κ2) is 8.67. The first-order valence-electron chi connectivity index (χ1n) is 9.41. The Hall–Kier alpha value is -4.72. The zero-order chi connectivity index (χ0) is 24.6. The molecule has 1 N–H and O–H groups in total. The summed E-state index contributed by atoms with van der Waals surface area (Å²) < 4.78 is 1.12. The third kappa shape index (κ3) is 4.29. The molecule has 0 fully saturated rings. The van der Waals surface area contributed by atoms with Crippen LogP contribution in [0.25, 0.3) is 0 Å². The Labute approximate surface area is 194 Å². The molecule has 0 aliphatic carbocycles. The van der Waals surface area contributed by atoms with Gasteiger partial charge in [-0.05, 0) is 18.2 Å². The highest BCUT2D eigenvalue weighted by molar-refractivity contribution is 6.31. The van der Waals surface area contributed by atoms with Crippen LogP contribution in [0.2, 0.25) is 5.02 Å². The minimum absolute atomic E-state index is 0.0342. The predicted octanol–water partition coefficient (Wildman–Crippen LogP) is 2.18. The first-order valence-corrected chi connectivity index (χ1v) is 9.79. The van der Waals surface area contributed by atoms with E-state index in [2.05, 4.69) is 15.6 Å². The number of benzene rings is 2. The van der Waals surface area contributed by atoms with Gasteiger partial charge < -0.3 is 5.32 Å². The van der Waals surface area contributed by atoms with E-state index < -0.39 is 27.6 Å². The number of amides is 3. The molecule has 0 radical (unpaired) electrons. The number of nitrogens with zero attached hydrogens (tertiary/aromatic N) is 6. The molecular weight excluding hydrogens is 474 g/mol. The lowest BCUT2D eigenvalue weighted by Crippen LogP contribution is -2.29. The molecule has 0 bridgehead atoms. The van der Waals surface area contributed by atoms with Crippen molar-refractivity contribution in [2.24, 2.45) is 0 Å². The number of non-ortho nitro benzene ring substituents is 1. The monoisotopic (exact) mass is 485 g/mol. The molecule has 0 spiro atoms. The molecule has 3 aromatic rings. The molecule has 0 unspecified atom stereocenters. The maximum absolute atomic E-state index is 12.6. The Morgan fingerprint density at radius 1 is 1.03 bits per heavy atom. The van der Waals surface area contributed by atoms with E-state index in [4.69, 9.17) is 11.6 Å². The van der Waals surface area contributed by atoms with Gasteiger partial charge in [0.1, 0.15) is 17.9 Å². The summed E-state index contributed by atoms with van der Waals surface area (Å²) in [4.78, 5) is 59.0. The quantitative estimate of drug-likeness (QED) is 0.297. The molecule has 4 rings (SSSR count). The van der Waals surface area contributed by atoms with Gasteiger partial charge in [-0.15, -0.1) is 5.10 Å². The molecule has 2 aromatic carbocycles. The van der Waals surface area contributed by atoms with Gasteiger partial charge in [0.15, 0.2) is 0 Å². The van der Waals surface area contributed by atoms with Crippen molar-refractivity contribution in [1.82, 2.24) is 19.9 Å². The number of nitro benzene ring substituents is 2. The number of rotatable bonds is 7. The molecule has 0 atom stereocenters. The average Bonchev–Trinajstić information content (AvgIpc) is 3.32. The molecule has 2 heterocycles. The van der Waals surface area contributed by atoms with E-state index >= 15 is 0 Å². The fourth-order valence-corrected chi connectivity index (χ4v) is 3.45. The first-order chi connectivity index (χ1) is 16.1. The van der Waals surface area contributed by atoms with Crippen molar-refractivity contribution >= 4 is 46.4 Å². The molecular formula is C19H12ClN7O7.